The van der Waals surface area contributed by atoms with Gasteiger partial charge in [0, 0.05) is 24.2 Å². The number of pyridine rings is 1. The van der Waals surface area contributed by atoms with Crippen LogP contribution in [0.25, 0.3) is 10.9 Å². The number of benzene rings is 1. The molecule has 2 aromatic heterocycles. The number of rotatable bonds is 5. The molecule has 3 aromatic rings. The first-order chi connectivity index (χ1) is 13.5. The summed E-state index contributed by atoms with van der Waals surface area (Å²) in [7, 11) is 0. The fourth-order valence-corrected chi connectivity index (χ4v) is 3.43. The lowest BCUT2D eigenvalue weighted by Crippen LogP contribution is -2.45. The van der Waals surface area contributed by atoms with Gasteiger partial charge in [0.2, 0.25) is 5.89 Å². The zero-order valence-corrected chi connectivity index (χ0v) is 16.0. The van der Waals surface area contributed by atoms with Gasteiger partial charge in [-0.1, -0.05) is 18.2 Å². The molecule has 1 aromatic carbocycles. The van der Waals surface area contributed by atoms with Crippen LogP contribution in [-0.2, 0) is 11.3 Å². The molecule has 28 heavy (non-hydrogen) atoms. The molecule has 0 aliphatic carbocycles. The number of nitrogens with one attached hydrogen (secondary N) is 1. The molecule has 7 heteroatoms. The first kappa shape index (κ1) is 18.4. The first-order valence-electron chi connectivity index (χ1n) is 9.36. The van der Waals surface area contributed by atoms with Gasteiger partial charge in [-0.15, -0.1) is 0 Å². The quantitative estimate of drug-likeness (QED) is 0.728. The van der Waals surface area contributed by atoms with Gasteiger partial charge in [-0.3, -0.25) is 9.78 Å². The molecular weight excluding hydrogens is 358 g/mol. The lowest BCUT2D eigenvalue weighted by atomic mass is 9.94. The molecule has 1 fully saturated rings. The molecule has 1 atom stereocenters. The third-order valence-electron chi connectivity index (χ3n) is 4.76. The normalized spacial score (nSPS) is 18.7. The number of para-hydroxylation sites is 1. The van der Waals surface area contributed by atoms with E-state index in [4.69, 9.17) is 13.9 Å². The van der Waals surface area contributed by atoms with Crippen molar-refractivity contribution < 1.29 is 18.7 Å². The van der Waals surface area contributed by atoms with E-state index in [-0.39, 0.29) is 29.9 Å². The maximum atomic E-state index is 12.5. The highest BCUT2D eigenvalue weighted by Gasteiger charge is 2.30. The van der Waals surface area contributed by atoms with Gasteiger partial charge in [-0.2, -0.15) is 0 Å². The van der Waals surface area contributed by atoms with Crippen molar-refractivity contribution in [3.05, 3.63) is 54.4 Å². The first-order valence-corrected chi connectivity index (χ1v) is 9.36. The Labute approximate surface area is 163 Å². The average molecular weight is 381 g/mol. The van der Waals surface area contributed by atoms with Crippen LogP contribution in [-0.4, -0.2) is 34.1 Å². The highest BCUT2D eigenvalue weighted by molar-refractivity contribution is 5.92. The van der Waals surface area contributed by atoms with Crippen LogP contribution in [0.1, 0.15) is 43.1 Å². The van der Waals surface area contributed by atoms with E-state index in [1.807, 2.05) is 44.2 Å². The molecule has 0 radical (unpaired) electrons. The van der Waals surface area contributed by atoms with E-state index in [0.717, 1.165) is 23.7 Å². The van der Waals surface area contributed by atoms with Gasteiger partial charge < -0.3 is 19.2 Å². The third kappa shape index (κ3) is 4.14. The molecule has 7 nitrogen and oxygen atoms in total. The Hall–Kier alpha value is -2.93. The minimum atomic E-state index is -0.246. The van der Waals surface area contributed by atoms with E-state index >= 15 is 0 Å². The molecule has 1 amide bonds. The Morgan fingerprint density at radius 1 is 1.32 bits per heavy atom. The molecule has 0 spiro atoms. The Morgan fingerprint density at radius 3 is 3.04 bits per heavy atom. The van der Waals surface area contributed by atoms with Crippen LogP contribution in [0, 0.1) is 0 Å². The number of hydrogen-bond acceptors (Lipinski definition) is 6. The van der Waals surface area contributed by atoms with Crippen molar-refractivity contribution in [1.82, 2.24) is 15.3 Å². The topological polar surface area (TPSA) is 86.5 Å². The summed E-state index contributed by atoms with van der Waals surface area (Å²) < 4.78 is 16.9. The van der Waals surface area contributed by atoms with Gasteiger partial charge in [0.05, 0.1) is 5.60 Å². The van der Waals surface area contributed by atoms with E-state index in [0.29, 0.717) is 18.2 Å². The standard InChI is InChI=1S/C21H23N3O4/c1-21(2)11-15(8-10-28-21)23-20(25)16-12-27-18(24-16)13-26-17-7-3-5-14-6-4-9-22-19(14)17/h3-7,9,12,15H,8,10-11,13H2,1-2H3,(H,23,25)/t15-/m1/s1. The van der Waals surface area contributed by atoms with Crippen molar-refractivity contribution in [2.75, 3.05) is 6.61 Å². The van der Waals surface area contributed by atoms with Crippen LogP contribution >= 0.6 is 0 Å². The molecular formula is C21H23N3O4. The van der Waals surface area contributed by atoms with Crippen LogP contribution in [0.5, 0.6) is 5.75 Å². The molecule has 4 rings (SSSR count). The number of hydrogen-bond donors (Lipinski definition) is 1. The van der Waals surface area contributed by atoms with Gasteiger partial charge in [0.1, 0.15) is 17.5 Å². The molecule has 0 unspecified atom stereocenters. The highest BCUT2D eigenvalue weighted by Crippen LogP contribution is 2.25. The SMILES string of the molecule is CC1(C)C[C@H](NC(=O)c2coc(COc3cccc4cccnc34)n2)CCO1. The zero-order chi connectivity index (χ0) is 19.6. The fraction of sp³-hybridized carbons (Fsp3) is 0.381. The lowest BCUT2D eigenvalue weighted by molar-refractivity contribution is -0.0615. The maximum Gasteiger partial charge on any atom is 0.273 e. The summed E-state index contributed by atoms with van der Waals surface area (Å²) in [6.07, 6.45) is 4.64. The van der Waals surface area contributed by atoms with Crippen molar-refractivity contribution in [3.63, 3.8) is 0 Å². The molecule has 1 aliphatic rings. The van der Waals surface area contributed by atoms with Crippen LogP contribution in [0.4, 0.5) is 0 Å². The van der Waals surface area contributed by atoms with E-state index in [2.05, 4.69) is 15.3 Å². The summed E-state index contributed by atoms with van der Waals surface area (Å²) in [5, 5.41) is 4.00. The second-order valence-corrected chi connectivity index (χ2v) is 7.52. The number of nitrogens with zero attached hydrogens (tertiary/aromatic N) is 2. The summed E-state index contributed by atoms with van der Waals surface area (Å²) in [5.74, 6) is 0.738. The third-order valence-corrected chi connectivity index (χ3v) is 4.76. The Morgan fingerprint density at radius 2 is 2.18 bits per heavy atom. The van der Waals surface area contributed by atoms with E-state index in [9.17, 15) is 4.79 Å². The van der Waals surface area contributed by atoms with Gasteiger partial charge in [0.25, 0.3) is 5.91 Å². The van der Waals surface area contributed by atoms with Crippen molar-refractivity contribution >= 4 is 16.8 Å². The molecule has 3 heterocycles. The van der Waals surface area contributed by atoms with Gasteiger partial charge >= 0.3 is 0 Å². The van der Waals surface area contributed by atoms with Crippen molar-refractivity contribution in [3.8, 4) is 5.75 Å². The van der Waals surface area contributed by atoms with E-state index in [1.165, 1.54) is 6.26 Å². The largest absolute Gasteiger partial charge is 0.482 e. The molecule has 1 N–H and O–H groups in total. The fourth-order valence-electron chi connectivity index (χ4n) is 3.43. The number of carbonyl (C=O) groups is 1. The predicted octanol–water partition coefficient (Wildman–Crippen LogP) is 3.49. The van der Waals surface area contributed by atoms with Crippen molar-refractivity contribution in [2.45, 2.75) is 44.9 Å². The van der Waals surface area contributed by atoms with Crippen molar-refractivity contribution in [2.24, 2.45) is 0 Å². The van der Waals surface area contributed by atoms with Crippen LogP contribution in [0.2, 0.25) is 0 Å². The van der Waals surface area contributed by atoms with Gasteiger partial charge in [-0.25, -0.2) is 4.98 Å². The minimum Gasteiger partial charge on any atom is -0.482 e. The Bertz CT molecular complexity index is 977. The highest BCUT2D eigenvalue weighted by atomic mass is 16.5. The summed E-state index contributed by atoms with van der Waals surface area (Å²) in [5.41, 5.74) is 0.793. The number of fused-ring (bicyclic) bond motifs is 1. The number of carbonyl (C=O) groups excluding carboxylic acids is 1. The number of aromatic nitrogens is 2. The van der Waals surface area contributed by atoms with Gasteiger partial charge in [0.15, 0.2) is 12.3 Å². The van der Waals surface area contributed by atoms with Crippen molar-refractivity contribution in [1.29, 1.82) is 0 Å². The minimum absolute atomic E-state index is 0.0643. The van der Waals surface area contributed by atoms with E-state index < -0.39 is 0 Å². The van der Waals surface area contributed by atoms with Gasteiger partial charge in [-0.05, 0) is 38.8 Å². The summed E-state index contributed by atoms with van der Waals surface area (Å²) >= 11 is 0. The molecule has 146 valence electrons. The Balaban J connectivity index is 1.38. The van der Waals surface area contributed by atoms with Crippen LogP contribution in [0.15, 0.2) is 47.2 Å². The van der Waals surface area contributed by atoms with Crippen LogP contribution in [0.3, 0.4) is 0 Å². The second kappa shape index (κ2) is 7.59. The number of amides is 1. The zero-order valence-electron chi connectivity index (χ0n) is 16.0. The molecule has 0 saturated carbocycles. The lowest BCUT2D eigenvalue weighted by Gasteiger charge is -2.35. The number of ether oxygens (including phenoxy) is 2. The smallest absolute Gasteiger partial charge is 0.273 e. The summed E-state index contributed by atoms with van der Waals surface area (Å²) in [6.45, 7) is 4.81. The second-order valence-electron chi connectivity index (χ2n) is 7.52. The molecule has 0 bridgehead atoms. The summed E-state index contributed by atoms with van der Waals surface area (Å²) in [4.78, 5) is 21.1. The average Bonchev–Trinajstić information content (AvgIpc) is 3.15. The Kier molecular flexibility index (Phi) is 5.00. The maximum absolute atomic E-state index is 12.5. The monoisotopic (exact) mass is 381 g/mol. The summed E-state index contributed by atoms with van der Waals surface area (Å²) in [6, 6.07) is 9.64. The predicted molar refractivity (Wildman–Crippen MR) is 103 cm³/mol. The van der Waals surface area contributed by atoms with Crippen LogP contribution < -0.4 is 10.1 Å². The van der Waals surface area contributed by atoms with E-state index in [1.54, 1.807) is 6.20 Å². The molecule has 1 saturated heterocycles. The number of oxazole rings is 1. The molecule has 1 aliphatic heterocycles.